The summed E-state index contributed by atoms with van der Waals surface area (Å²) in [4.78, 5) is 3.70. The fourth-order valence-electron chi connectivity index (χ4n) is 1.03. The molecular formula is C7H3BrClF2N3. The summed E-state index contributed by atoms with van der Waals surface area (Å²) in [7, 11) is 0. The van der Waals surface area contributed by atoms with Crippen LogP contribution in [-0.2, 0) is 0 Å². The molecular weight excluding hydrogens is 279 g/mol. The van der Waals surface area contributed by atoms with Crippen molar-refractivity contribution < 1.29 is 8.78 Å². The Balaban J connectivity index is 2.70. The Kier molecular flexibility index (Phi) is 2.40. The molecule has 0 spiro atoms. The molecule has 2 aromatic heterocycles. The van der Waals surface area contributed by atoms with Gasteiger partial charge in [-0.05, 0) is 22.0 Å². The summed E-state index contributed by atoms with van der Waals surface area (Å²) in [5.41, 5.74) is 0.00478. The van der Waals surface area contributed by atoms with Crippen molar-refractivity contribution in [3.63, 3.8) is 0 Å². The van der Waals surface area contributed by atoms with Crippen molar-refractivity contribution in [1.29, 1.82) is 0 Å². The van der Waals surface area contributed by atoms with Crippen LogP contribution in [0.1, 0.15) is 12.1 Å². The number of rotatable bonds is 1. The van der Waals surface area contributed by atoms with E-state index in [4.69, 9.17) is 11.6 Å². The predicted octanol–water partition coefficient (Wildman–Crippen LogP) is 3.08. The topological polar surface area (TPSA) is 30.2 Å². The van der Waals surface area contributed by atoms with E-state index in [1.807, 2.05) is 0 Å². The Morgan fingerprint density at radius 2 is 2.21 bits per heavy atom. The summed E-state index contributed by atoms with van der Waals surface area (Å²) in [6.45, 7) is 0. The van der Waals surface area contributed by atoms with Gasteiger partial charge in [-0.15, -0.1) is 0 Å². The van der Waals surface area contributed by atoms with Crippen molar-refractivity contribution in [2.45, 2.75) is 6.43 Å². The largest absolute Gasteiger partial charge is 0.281 e. The van der Waals surface area contributed by atoms with Gasteiger partial charge in [0.15, 0.2) is 10.8 Å². The summed E-state index contributed by atoms with van der Waals surface area (Å²) in [6.07, 6.45) is -1.46. The second-order valence-corrected chi connectivity index (χ2v) is 3.79. The van der Waals surface area contributed by atoms with Crippen LogP contribution in [0.4, 0.5) is 8.78 Å². The SMILES string of the molecule is FC(F)c1cn2nc(Cl)cc(Br)c2n1. The minimum atomic E-state index is -2.61. The van der Waals surface area contributed by atoms with Gasteiger partial charge >= 0.3 is 0 Å². The predicted molar refractivity (Wildman–Crippen MR) is 50.7 cm³/mol. The summed E-state index contributed by atoms with van der Waals surface area (Å²) in [5, 5.41) is 4.01. The van der Waals surface area contributed by atoms with Crippen LogP contribution in [0.5, 0.6) is 0 Å². The van der Waals surface area contributed by atoms with E-state index in [1.54, 1.807) is 0 Å². The number of imidazole rings is 1. The van der Waals surface area contributed by atoms with Gasteiger partial charge < -0.3 is 0 Å². The highest BCUT2D eigenvalue weighted by atomic mass is 79.9. The first-order valence-electron chi connectivity index (χ1n) is 3.57. The van der Waals surface area contributed by atoms with Crippen LogP contribution in [0.25, 0.3) is 5.65 Å². The van der Waals surface area contributed by atoms with Crippen LogP contribution < -0.4 is 0 Å². The average Bonchev–Trinajstić information content (AvgIpc) is 2.47. The number of halogens is 4. The maximum atomic E-state index is 12.3. The lowest BCUT2D eigenvalue weighted by molar-refractivity contribution is 0.146. The Morgan fingerprint density at radius 1 is 1.50 bits per heavy atom. The van der Waals surface area contributed by atoms with E-state index in [-0.39, 0.29) is 10.8 Å². The van der Waals surface area contributed by atoms with Crippen molar-refractivity contribution in [2.24, 2.45) is 0 Å². The number of hydrogen-bond acceptors (Lipinski definition) is 2. The quantitative estimate of drug-likeness (QED) is 0.804. The summed E-state index contributed by atoms with van der Waals surface area (Å²) in [5.74, 6) is 0. The molecule has 3 nitrogen and oxygen atoms in total. The minimum absolute atomic E-state index is 0.211. The van der Waals surface area contributed by atoms with Crippen LogP contribution in [0.3, 0.4) is 0 Å². The molecule has 2 rings (SSSR count). The molecule has 2 aromatic rings. The van der Waals surface area contributed by atoms with Gasteiger partial charge in [-0.1, -0.05) is 11.6 Å². The molecule has 0 aromatic carbocycles. The van der Waals surface area contributed by atoms with E-state index < -0.39 is 6.43 Å². The van der Waals surface area contributed by atoms with Crippen molar-refractivity contribution in [1.82, 2.24) is 14.6 Å². The molecule has 0 aliphatic rings. The van der Waals surface area contributed by atoms with Crippen LogP contribution in [0.2, 0.25) is 5.15 Å². The summed E-state index contributed by atoms with van der Waals surface area (Å²) < 4.78 is 26.3. The first kappa shape index (κ1) is 9.79. The molecule has 0 radical (unpaired) electrons. The lowest BCUT2D eigenvalue weighted by Crippen LogP contribution is -1.90. The van der Waals surface area contributed by atoms with E-state index in [0.717, 1.165) is 6.20 Å². The molecule has 14 heavy (non-hydrogen) atoms. The average molecular weight is 282 g/mol. The zero-order valence-corrected chi connectivity index (χ0v) is 8.93. The molecule has 0 amide bonds. The van der Waals surface area contributed by atoms with Gasteiger partial charge in [0.05, 0.1) is 10.7 Å². The highest BCUT2D eigenvalue weighted by Crippen LogP contribution is 2.23. The number of alkyl halides is 2. The Morgan fingerprint density at radius 3 is 2.86 bits per heavy atom. The molecule has 0 aliphatic carbocycles. The first-order chi connectivity index (χ1) is 6.58. The third kappa shape index (κ3) is 1.59. The molecule has 0 atom stereocenters. The van der Waals surface area contributed by atoms with E-state index in [1.165, 1.54) is 10.6 Å². The molecule has 7 heteroatoms. The summed E-state index contributed by atoms with van der Waals surface area (Å²) >= 11 is 8.79. The molecule has 74 valence electrons. The number of aromatic nitrogens is 3. The number of nitrogens with zero attached hydrogens (tertiary/aromatic N) is 3. The second kappa shape index (κ2) is 3.43. The second-order valence-electron chi connectivity index (χ2n) is 2.55. The lowest BCUT2D eigenvalue weighted by Gasteiger charge is -1.94. The highest BCUT2D eigenvalue weighted by molar-refractivity contribution is 9.10. The van der Waals surface area contributed by atoms with Crippen LogP contribution >= 0.6 is 27.5 Å². The van der Waals surface area contributed by atoms with E-state index in [9.17, 15) is 8.78 Å². The molecule has 2 heterocycles. The number of fused-ring (bicyclic) bond motifs is 1. The van der Waals surface area contributed by atoms with Crippen molar-refractivity contribution in [2.75, 3.05) is 0 Å². The summed E-state index contributed by atoms with van der Waals surface area (Å²) in [6, 6.07) is 1.50. The standard InChI is InChI=1S/C7H3BrClF2N3/c8-3-1-5(9)13-14-2-4(6(10)11)12-7(3)14/h1-2,6H. The lowest BCUT2D eigenvalue weighted by atomic mass is 10.5. The fraction of sp³-hybridized carbons (Fsp3) is 0.143. The van der Waals surface area contributed by atoms with Gasteiger partial charge in [0.1, 0.15) is 5.69 Å². The molecule has 0 fully saturated rings. The minimum Gasteiger partial charge on any atom is -0.225 e. The smallest absolute Gasteiger partial charge is 0.225 e. The van der Waals surface area contributed by atoms with Gasteiger partial charge in [0, 0.05) is 0 Å². The van der Waals surface area contributed by atoms with Gasteiger partial charge in [-0.3, -0.25) is 0 Å². The Labute approximate surface area is 90.8 Å². The van der Waals surface area contributed by atoms with E-state index in [2.05, 4.69) is 26.0 Å². The zero-order valence-electron chi connectivity index (χ0n) is 6.59. The highest BCUT2D eigenvalue weighted by Gasteiger charge is 2.14. The fourth-order valence-corrected chi connectivity index (χ4v) is 1.84. The normalized spacial score (nSPS) is 11.5. The van der Waals surface area contributed by atoms with Crippen LogP contribution in [0.15, 0.2) is 16.7 Å². The van der Waals surface area contributed by atoms with Gasteiger partial charge in [-0.2, -0.15) is 5.10 Å². The third-order valence-electron chi connectivity index (χ3n) is 1.59. The molecule has 0 aliphatic heterocycles. The first-order valence-corrected chi connectivity index (χ1v) is 4.74. The molecule has 0 saturated carbocycles. The zero-order chi connectivity index (χ0) is 10.3. The maximum Gasteiger partial charge on any atom is 0.281 e. The number of hydrogen-bond donors (Lipinski definition) is 0. The monoisotopic (exact) mass is 281 g/mol. The molecule has 0 N–H and O–H groups in total. The van der Waals surface area contributed by atoms with Crippen LogP contribution in [-0.4, -0.2) is 14.6 Å². The Bertz CT molecular complexity index is 485. The third-order valence-corrected chi connectivity index (χ3v) is 2.36. The van der Waals surface area contributed by atoms with Gasteiger partial charge in [-0.25, -0.2) is 18.3 Å². The van der Waals surface area contributed by atoms with Crippen molar-refractivity contribution in [3.8, 4) is 0 Å². The van der Waals surface area contributed by atoms with Crippen molar-refractivity contribution in [3.05, 3.63) is 27.6 Å². The molecule has 0 unspecified atom stereocenters. The molecule has 0 bridgehead atoms. The van der Waals surface area contributed by atoms with Gasteiger partial charge in [0.2, 0.25) is 0 Å². The van der Waals surface area contributed by atoms with Crippen molar-refractivity contribution >= 4 is 33.2 Å². The molecule has 0 saturated heterocycles. The van der Waals surface area contributed by atoms with E-state index in [0.29, 0.717) is 10.1 Å². The Hall–Kier alpha value is -0.750. The van der Waals surface area contributed by atoms with Crippen LogP contribution in [0, 0.1) is 0 Å². The maximum absolute atomic E-state index is 12.3. The van der Waals surface area contributed by atoms with E-state index >= 15 is 0 Å². The van der Waals surface area contributed by atoms with Gasteiger partial charge in [0.25, 0.3) is 6.43 Å².